The van der Waals surface area contributed by atoms with Crippen molar-refractivity contribution < 1.29 is 4.74 Å². The van der Waals surface area contributed by atoms with E-state index in [2.05, 4.69) is 14.5 Å². The van der Waals surface area contributed by atoms with Crippen LogP contribution >= 0.6 is 11.6 Å². The van der Waals surface area contributed by atoms with Gasteiger partial charge >= 0.3 is 0 Å². The van der Waals surface area contributed by atoms with Gasteiger partial charge in [0, 0.05) is 12.3 Å². The third-order valence-electron chi connectivity index (χ3n) is 3.59. The zero-order chi connectivity index (χ0) is 13.2. The van der Waals surface area contributed by atoms with Gasteiger partial charge in [-0.05, 0) is 38.3 Å². The zero-order valence-corrected chi connectivity index (χ0v) is 11.9. The standard InChI is InChI=1S/C14H18ClN3O/c1-10-5-6-12-14(16-10)18(13(8-15)17-12)9-11-4-2-3-7-19-11/h5-6,11H,2-4,7-9H2,1H3. The first-order valence-corrected chi connectivity index (χ1v) is 7.31. The zero-order valence-electron chi connectivity index (χ0n) is 11.1. The summed E-state index contributed by atoms with van der Waals surface area (Å²) in [6.07, 6.45) is 3.77. The first kappa shape index (κ1) is 12.9. The molecule has 0 aliphatic carbocycles. The number of aryl methyl sites for hydroxylation is 1. The molecule has 0 bridgehead atoms. The molecule has 1 unspecified atom stereocenters. The van der Waals surface area contributed by atoms with Gasteiger partial charge in [-0.1, -0.05) is 0 Å². The van der Waals surface area contributed by atoms with Crippen LogP contribution in [0.15, 0.2) is 12.1 Å². The Balaban J connectivity index is 1.97. The number of pyridine rings is 1. The second-order valence-electron chi connectivity index (χ2n) is 5.06. The fraction of sp³-hybridized carbons (Fsp3) is 0.571. The summed E-state index contributed by atoms with van der Waals surface area (Å²) in [5.74, 6) is 1.28. The largest absolute Gasteiger partial charge is 0.376 e. The second-order valence-corrected chi connectivity index (χ2v) is 5.32. The minimum Gasteiger partial charge on any atom is -0.376 e. The topological polar surface area (TPSA) is 39.9 Å². The fourth-order valence-corrected chi connectivity index (χ4v) is 2.80. The van der Waals surface area contributed by atoms with Gasteiger partial charge in [0.1, 0.15) is 11.3 Å². The van der Waals surface area contributed by atoms with Gasteiger partial charge in [-0.25, -0.2) is 9.97 Å². The van der Waals surface area contributed by atoms with E-state index >= 15 is 0 Å². The van der Waals surface area contributed by atoms with Crippen molar-refractivity contribution in [1.82, 2.24) is 14.5 Å². The summed E-state index contributed by atoms with van der Waals surface area (Å²) in [6.45, 7) is 3.66. The highest BCUT2D eigenvalue weighted by molar-refractivity contribution is 6.16. The summed E-state index contributed by atoms with van der Waals surface area (Å²) in [5, 5.41) is 0. The monoisotopic (exact) mass is 279 g/mol. The summed E-state index contributed by atoms with van der Waals surface area (Å²) in [4.78, 5) is 9.15. The lowest BCUT2D eigenvalue weighted by atomic mass is 10.1. The summed E-state index contributed by atoms with van der Waals surface area (Å²) in [5.41, 5.74) is 2.83. The number of ether oxygens (including phenoxy) is 1. The smallest absolute Gasteiger partial charge is 0.160 e. The van der Waals surface area contributed by atoms with Crippen LogP contribution in [0.5, 0.6) is 0 Å². The highest BCUT2D eigenvalue weighted by Gasteiger charge is 2.19. The van der Waals surface area contributed by atoms with E-state index in [0.29, 0.717) is 5.88 Å². The Labute approximate surface area is 117 Å². The number of alkyl halides is 1. The molecular weight excluding hydrogens is 262 g/mol. The normalized spacial score (nSPS) is 20.0. The van der Waals surface area contributed by atoms with Gasteiger partial charge in [0.2, 0.25) is 0 Å². The molecule has 5 heteroatoms. The maximum atomic E-state index is 6.01. The number of aromatic nitrogens is 3. The van der Waals surface area contributed by atoms with Gasteiger partial charge in [-0.2, -0.15) is 0 Å². The molecule has 4 nitrogen and oxygen atoms in total. The van der Waals surface area contributed by atoms with Crippen molar-refractivity contribution in [3.63, 3.8) is 0 Å². The van der Waals surface area contributed by atoms with E-state index in [1.165, 1.54) is 12.8 Å². The Morgan fingerprint density at radius 1 is 1.37 bits per heavy atom. The minimum atomic E-state index is 0.260. The molecule has 0 saturated carbocycles. The number of fused-ring (bicyclic) bond motifs is 1. The van der Waals surface area contributed by atoms with E-state index < -0.39 is 0 Å². The summed E-state index contributed by atoms with van der Waals surface area (Å²) in [7, 11) is 0. The van der Waals surface area contributed by atoms with Crippen molar-refractivity contribution in [3.05, 3.63) is 23.7 Å². The average molecular weight is 280 g/mol. The predicted octanol–water partition coefficient (Wildman–Crippen LogP) is 3.05. The predicted molar refractivity (Wildman–Crippen MR) is 75.4 cm³/mol. The van der Waals surface area contributed by atoms with Crippen LogP contribution in [0.25, 0.3) is 11.2 Å². The van der Waals surface area contributed by atoms with Gasteiger partial charge in [0.25, 0.3) is 0 Å². The molecular formula is C14H18ClN3O. The summed E-state index contributed by atoms with van der Waals surface area (Å²) < 4.78 is 7.93. The maximum Gasteiger partial charge on any atom is 0.160 e. The lowest BCUT2D eigenvalue weighted by Crippen LogP contribution is -2.25. The molecule has 0 radical (unpaired) electrons. The van der Waals surface area contributed by atoms with Crippen LogP contribution in [0.2, 0.25) is 0 Å². The molecule has 1 fully saturated rings. The Kier molecular flexibility index (Phi) is 3.71. The molecule has 1 atom stereocenters. The van der Waals surface area contributed by atoms with Crippen LogP contribution in [0.3, 0.4) is 0 Å². The third kappa shape index (κ3) is 2.60. The number of hydrogen-bond acceptors (Lipinski definition) is 3. The van der Waals surface area contributed by atoms with Gasteiger partial charge in [0.15, 0.2) is 5.65 Å². The van der Waals surface area contributed by atoms with Crippen molar-refractivity contribution in [2.45, 2.75) is 44.7 Å². The van der Waals surface area contributed by atoms with E-state index in [9.17, 15) is 0 Å². The van der Waals surface area contributed by atoms with E-state index in [0.717, 1.165) is 42.3 Å². The third-order valence-corrected chi connectivity index (χ3v) is 3.83. The van der Waals surface area contributed by atoms with Crippen LogP contribution in [0.1, 0.15) is 30.8 Å². The van der Waals surface area contributed by atoms with E-state index in [1.807, 2.05) is 19.1 Å². The Bertz CT molecular complexity index is 575. The first-order chi connectivity index (χ1) is 9.28. The molecule has 3 rings (SSSR count). The van der Waals surface area contributed by atoms with Crippen molar-refractivity contribution in [1.29, 1.82) is 0 Å². The van der Waals surface area contributed by atoms with Gasteiger partial charge < -0.3 is 9.30 Å². The van der Waals surface area contributed by atoms with Crippen LogP contribution in [-0.4, -0.2) is 27.2 Å². The van der Waals surface area contributed by atoms with Crippen LogP contribution < -0.4 is 0 Å². The SMILES string of the molecule is Cc1ccc2nc(CCl)n(CC3CCCCO3)c2n1. The van der Waals surface area contributed by atoms with Crippen molar-refractivity contribution in [2.75, 3.05) is 6.61 Å². The highest BCUT2D eigenvalue weighted by atomic mass is 35.5. The molecule has 0 spiro atoms. The van der Waals surface area contributed by atoms with E-state index in [4.69, 9.17) is 16.3 Å². The van der Waals surface area contributed by atoms with E-state index in [1.54, 1.807) is 0 Å². The molecule has 0 N–H and O–H groups in total. The number of nitrogens with zero attached hydrogens (tertiary/aromatic N) is 3. The lowest BCUT2D eigenvalue weighted by molar-refractivity contribution is 0.00619. The number of halogens is 1. The van der Waals surface area contributed by atoms with Crippen molar-refractivity contribution in [2.24, 2.45) is 0 Å². The molecule has 3 heterocycles. The first-order valence-electron chi connectivity index (χ1n) is 6.78. The van der Waals surface area contributed by atoms with Crippen LogP contribution in [0, 0.1) is 6.92 Å². The number of rotatable bonds is 3. The van der Waals surface area contributed by atoms with Crippen molar-refractivity contribution in [3.8, 4) is 0 Å². The average Bonchev–Trinajstić information content (AvgIpc) is 2.78. The van der Waals surface area contributed by atoms with E-state index in [-0.39, 0.29) is 6.10 Å². The Morgan fingerprint density at radius 3 is 3.00 bits per heavy atom. The molecule has 0 amide bonds. The maximum absolute atomic E-state index is 6.01. The second kappa shape index (κ2) is 5.47. The van der Waals surface area contributed by atoms with Gasteiger partial charge in [-0.3, -0.25) is 0 Å². The molecule has 1 aliphatic rings. The number of imidazole rings is 1. The van der Waals surface area contributed by atoms with Crippen LogP contribution in [0.4, 0.5) is 0 Å². The molecule has 1 saturated heterocycles. The molecule has 0 aromatic carbocycles. The summed E-state index contributed by atoms with van der Waals surface area (Å²) in [6, 6.07) is 3.99. The Hall–Kier alpha value is -1.13. The quantitative estimate of drug-likeness (QED) is 0.811. The minimum absolute atomic E-state index is 0.260. The fourth-order valence-electron chi connectivity index (χ4n) is 2.59. The summed E-state index contributed by atoms with van der Waals surface area (Å²) >= 11 is 6.01. The van der Waals surface area contributed by atoms with Gasteiger partial charge in [-0.15, -0.1) is 11.6 Å². The highest BCUT2D eigenvalue weighted by Crippen LogP contribution is 2.20. The molecule has 2 aromatic rings. The molecule has 2 aromatic heterocycles. The van der Waals surface area contributed by atoms with Crippen molar-refractivity contribution >= 4 is 22.8 Å². The molecule has 19 heavy (non-hydrogen) atoms. The molecule has 102 valence electrons. The lowest BCUT2D eigenvalue weighted by Gasteiger charge is -2.23. The van der Waals surface area contributed by atoms with Gasteiger partial charge in [0.05, 0.1) is 18.5 Å². The number of hydrogen-bond donors (Lipinski definition) is 0. The van der Waals surface area contributed by atoms with Crippen LogP contribution in [-0.2, 0) is 17.2 Å². The molecule has 1 aliphatic heterocycles. The Morgan fingerprint density at radius 2 is 2.26 bits per heavy atom.